The van der Waals surface area contributed by atoms with Gasteiger partial charge < -0.3 is 19.1 Å². The Kier molecular flexibility index (Phi) is 14.7. The lowest BCUT2D eigenvalue weighted by Crippen LogP contribution is -2.47. The molecule has 0 N–H and O–H groups in total. The highest BCUT2D eigenvalue weighted by Gasteiger charge is 2.20. The second-order valence-electron chi connectivity index (χ2n) is 12.4. The zero-order chi connectivity index (χ0) is 36.5. The second-order valence-corrected chi connectivity index (χ2v) is 14.0. The average Bonchev–Trinajstić information content (AvgIpc) is 3.15. The van der Waals surface area contributed by atoms with E-state index in [1.165, 1.54) is 11.1 Å². The van der Waals surface area contributed by atoms with Gasteiger partial charge in [0, 0.05) is 67.9 Å². The molecule has 1 aliphatic rings. The molecular formula is C41H38Cl5N3O4. The van der Waals surface area contributed by atoms with Crippen molar-refractivity contribution in [3.63, 3.8) is 0 Å². The number of rotatable bonds is 13. The molecule has 0 atom stereocenters. The molecule has 0 bridgehead atoms. The molecule has 53 heavy (non-hydrogen) atoms. The number of amides is 1. The van der Waals surface area contributed by atoms with Gasteiger partial charge in [-0.05, 0) is 71.7 Å². The minimum Gasteiger partial charge on any atom is -0.493 e. The van der Waals surface area contributed by atoms with Crippen molar-refractivity contribution in [2.24, 2.45) is 0 Å². The van der Waals surface area contributed by atoms with Gasteiger partial charge in [0.1, 0.15) is 18.1 Å². The first-order chi connectivity index (χ1) is 25.2. The highest BCUT2D eigenvalue weighted by atomic mass is 35.5. The maximum Gasteiger partial charge on any atom is 0.246 e. The Morgan fingerprint density at radius 2 is 1.51 bits per heavy atom. The van der Waals surface area contributed by atoms with Gasteiger partial charge in [-0.25, -0.2) is 4.98 Å². The van der Waals surface area contributed by atoms with E-state index in [0.717, 1.165) is 42.7 Å². The molecule has 1 aromatic heterocycles. The Labute approximate surface area is 336 Å². The molecule has 276 valence electrons. The Morgan fingerprint density at radius 3 is 2.21 bits per heavy atom. The number of piperazine rings is 1. The average molecular weight is 814 g/mol. The van der Waals surface area contributed by atoms with Gasteiger partial charge >= 0.3 is 0 Å². The molecular weight excluding hydrogens is 776 g/mol. The summed E-state index contributed by atoms with van der Waals surface area (Å²) in [4.78, 5) is 21.7. The molecule has 6 rings (SSSR count). The largest absolute Gasteiger partial charge is 0.493 e. The van der Waals surface area contributed by atoms with Crippen LogP contribution >= 0.6 is 58.8 Å². The number of aromatic nitrogens is 1. The third-order valence-electron chi connectivity index (χ3n) is 8.60. The van der Waals surface area contributed by atoms with Crippen LogP contribution in [-0.4, -0.2) is 53.5 Å². The Bertz CT molecular complexity index is 2000. The number of hydrogen-bond acceptors (Lipinski definition) is 6. The highest BCUT2D eigenvalue weighted by Crippen LogP contribution is 2.34. The fourth-order valence-corrected chi connectivity index (χ4v) is 6.49. The van der Waals surface area contributed by atoms with Crippen LogP contribution in [0.1, 0.15) is 27.8 Å². The van der Waals surface area contributed by atoms with E-state index in [4.69, 9.17) is 60.6 Å². The number of benzene rings is 4. The first-order valence-electron chi connectivity index (χ1n) is 16.9. The maximum atomic E-state index is 13.0. The van der Waals surface area contributed by atoms with Crippen LogP contribution in [0.25, 0.3) is 6.08 Å². The maximum absolute atomic E-state index is 13.0. The van der Waals surface area contributed by atoms with Gasteiger partial charge in [0.2, 0.25) is 11.8 Å². The quantitative estimate of drug-likeness (QED) is 0.110. The summed E-state index contributed by atoms with van der Waals surface area (Å²) >= 11 is 24.9. The number of ether oxygens (including phenoxy) is 3. The minimum atomic E-state index is -0.0257. The molecule has 5 aromatic rings. The number of halogens is 5. The Balaban J connectivity index is 0.00000541. The van der Waals surface area contributed by atoms with E-state index in [1.54, 1.807) is 48.7 Å². The SMILES string of the molecule is Cc1cc(C=CC(=O)N2CCN(Cc3ccc(CCOc4ccc(Cl)c(Cl)c4)cc3)CC2)cc(Cl)c1Oc1ccc(OCc2ccccc2Cl)cn1.Cl. The van der Waals surface area contributed by atoms with E-state index in [1.807, 2.05) is 48.2 Å². The van der Waals surface area contributed by atoms with E-state index in [9.17, 15) is 4.79 Å². The molecule has 12 heteroatoms. The van der Waals surface area contributed by atoms with Crippen LogP contribution in [0, 0.1) is 6.92 Å². The number of aryl methyl sites for hydroxylation is 1. The lowest BCUT2D eigenvalue weighted by atomic mass is 10.1. The summed E-state index contributed by atoms with van der Waals surface area (Å²) in [6.45, 7) is 6.55. The first kappa shape index (κ1) is 40.2. The Morgan fingerprint density at radius 1 is 0.774 bits per heavy atom. The van der Waals surface area contributed by atoms with E-state index >= 15 is 0 Å². The monoisotopic (exact) mass is 811 g/mol. The van der Waals surface area contributed by atoms with Gasteiger partial charge in [0.25, 0.3) is 0 Å². The summed E-state index contributed by atoms with van der Waals surface area (Å²) in [5, 5.41) is 2.06. The van der Waals surface area contributed by atoms with Crippen LogP contribution < -0.4 is 14.2 Å². The molecule has 1 fully saturated rings. The first-order valence-corrected chi connectivity index (χ1v) is 18.4. The molecule has 1 saturated heterocycles. The molecule has 0 unspecified atom stereocenters. The molecule has 2 heterocycles. The standard InChI is InChI=1S/C41H37Cl4N3O4.ClH/c1-28-22-31(23-38(45)41(28)52-39-14-12-34(25-46-39)51-27-32-4-2-3-5-35(32)42)10-15-40(49)48-19-17-47(18-20-48)26-30-8-6-29(7-9-30)16-21-50-33-11-13-36(43)37(44)24-33;/h2-15,22-25H,16-21,26-27H2,1H3;1H. The third-order valence-corrected chi connectivity index (χ3v) is 9.99. The summed E-state index contributed by atoms with van der Waals surface area (Å²) in [5.74, 6) is 2.15. The minimum absolute atomic E-state index is 0. The molecule has 1 aliphatic heterocycles. The van der Waals surface area contributed by atoms with Gasteiger partial charge in [0.15, 0.2) is 5.75 Å². The topological polar surface area (TPSA) is 64.1 Å². The lowest BCUT2D eigenvalue weighted by molar-refractivity contribution is -0.127. The fraction of sp³-hybridized carbons (Fsp3) is 0.220. The van der Waals surface area contributed by atoms with Crippen molar-refractivity contribution in [1.82, 2.24) is 14.8 Å². The van der Waals surface area contributed by atoms with Crippen LogP contribution in [0.15, 0.2) is 103 Å². The molecule has 1 amide bonds. The molecule has 0 aliphatic carbocycles. The fourth-order valence-electron chi connectivity index (χ4n) is 5.70. The number of carbonyl (C=O) groups is 1. The normalized spacial score (nSPS) is 13.1. The summed E-state index contributed by atoms with van der Waals surface area (Å²) in [6.07, 6.45) is 5.77. The summed E-state index contributed by atoms with van der Waals surface area (Å²) in [5.41, 5.74) is 4.95. The highest BCUT2D eigenvalue weighted by molar-refractivity contribution is 6.42. The molecule has 7 nitrogen and oxygen atoms in total. The van der Waals surface area contributed by atoms with E-state index in [-0.39, 0.29) is 18.3 Å². The van der Waals surface area contributed by atoms with Crippen molar-refractivity contribution < 1.29 is 19.0 Å². The third kappa shape index (κ3) is 11.5. The zero-order valence-corrected chi connectivity index (χ0v) is 32.8. The van der Waals surface area contributed by atoms with Crippen LogP contribution in [0.3, 0.4) is 0 Å². The molecule has 0 radical (unpaired) electrons. The zero-order valence-electron chi connectivity index (χ0n) is 28.9. The predicted molar refractivity (Wildman–Crippen MR) is 217 cm³/mol. The van der Waals surface area contributed by atoms with E-state index in [2.05, 4.69) is 34.1 Å². The van der Waals surface area contributed by atoms with Crippen molar-refractivity contribution in [3.05, 3.63) is 151 Å². The van der Waals surface area contributed by atoms with Crippen molar-refractivity contribution in [2.45, 2.75) is 26.5 Å². The van der Waals surface area contributed by atoms with Gasteiger partial charge in [-0.15, -0.1) is 12.4 Å². The van der Waals surface area contributed by atoms with Crippen LogP contribution in [0.2, 0.25) is 20.1 Å². The molecule has 0 spiro atoms. The number of hydrogen-bond donors (Lipinski definition) is 0. The number of carbonyl (C=O) groups excluding carboxylic acids is 1. The van der Waals surface area contributed by atoms with Gasteiger partial charge in [0.05, 0.1) is 27.9 Å². The predicted octanol–water partition coefficient (Wildman–Crippen LogP) is 10.8. The number of nitrogens with zero attached hydrogens (tertiary/aromatic N) is 3. The summed E-state index contributed by atoms with van der Waals surface area (Å²) in [7, 11) is 0. The van der Waals surface area contributed by atoms with Gasteiger partial charge in [-0.1, -0.05) is 88.9 Å². The molecule has 4 aromatic carbocycles. The molecule has 0 saturated carbocycles. The number of pyridine rings is 1. The van der Waals surface area contributed by atoms with Crippen LogP contribution in [0.5, 0.6) is 23.1 Å². The Hall–Kier alpha value is -3.95. The summed E-state index contributed by atoms with van der Waals surface area (Å²) in [6, 6.07) is 28.6. The van der Waals surface area contributed by atoms with Gasteiger partial charge in [-0.2, -0.15) is 0 Å². The van der Waals surface area contributed by atoms with E-state index in [0.29, 0.717) is 69.5 Å². The van der Waals surface area contributed by atoms with Crippen molar-refractivity contribution >= 4 is 70.8 Å². The van der Waals surface area contributed by atoms with Gasteiger partial charge in [-0.3, -0.25) is 9.69 Å². The second kappa shape index (κ2) is 19.4. The smallest absolute Gasteiger partial charge is 0.246 e. The van der Waals surface area contributed by atoms with Crippen molar-refractivity contribution in [2.75, 3.05) is 32.8 Å². The van der Waals surface area contributed by atoms with Crippen LogP contribution in [0.4, 0.5) is 0 Å². The van der Waals surface area contributed by atoms with E-state index < -0.39 is 0 Å². The summed E-state index contributed by atoms with van der Waals surface area (Å²) < 4.78 is 17.6. The van der Waals surface area contributed by atoms with Crippen LogP contribution in [-0.2, 0) is 24.4 Å². The van der Waals surface area contributed by atoms with Crippen molar-refractivity contribution in [3.8, 4) is 23.1 Å². The van der Waals surface area contributed by atoms with Crippen molar-refractivity contribution in [1.29, 1.82) is 0 Å². The lowest BCUT2D eigenvalue weighted by Gasteiger charge is -2.34.